The number of likely N-dealkylation sites (tertiary alicyclic amines) is 1. The topological polar surface area (TPSA) is 68.5 Å². The van der Waals surface area contributed by atoms with Crippen LogP contribution in [0.5, 0.6) is 0 Å². The van der Waals surface area contributed by atoms with Crippen LogP contribution in [0.3, 0.4) is 0 Å². The number of nitrogens with zero attached hydrogens (tertiary/aromatic N) is 3. The van der Waals surface area contributed by atoms with E-state index in [2.05, 4.69) is 15.0 Å². The van der Waals surface area contributed by atoms with Crippen LogP contribution in [0.4, 0.5) is 4.39 Å². The second kappa shape index (κ2) is 7.90. The van der Waals surface area contributed by atoms with Crippen LogP contribution in [0.2, 0.25) is 0 Å². The molecular weight excluding hydrogens is 361 g/mol. The van der Waals surface area contributed by atoms with Gasteiger partial charge in [-0.05, 0) is 49.2 Å². The summed E-state index contributed by atoms with van der Waals surface area (Å²) in [5.74, 6) is 0.388. The van der Waals surface area contributed by atoms with Crippen LogP contribution in [0.25, 0.3) is 11.4 Å². The number of carbonyl (C=O) groups is 1. The number of hydrogen-bond acceptors (Lipinski definition) is 6. The first-order valence-electron chi connectivity index (χ1n) is 9.15. The van der Waals surface area contributed by atoms with Gasteiger partial charge >= 0.3 is 5.97 Å². The number of rotatable bonds is 5. The molecule has 1 atom stereocenters. The fourth-order valence-electron chi connectivity index (χ4n) is 3.56. The van der Waals surface area contributed by atoms with E-state index in [4.69, 9.17) is 9.26 Å². The van der Waals surface area contributed by atoms with Crippen molar-refractivity contribution in [2.24, 2.45) is 0 Å². The molecule has 0 radical (unpaired) electrons. The van der Waals surface area contributed by atoms with E-state index >= 15 is 0 Å². The third-order valence-corrected chi connectivity index (χ3v) is 4.99. The van der Waals surface area contributed by atoms with Crippen molar-refractivity contribution in [2.45, 2.75) is 25.4 Å². The van der Waals surface area contributed by atoms with Gasteiger partial charge in [-0.3, -0.25) is 4.90 Å². The Labute approximate surface area is 161 Å². The predicted molar refractivity (Wildman–Crippen MR) is 99.9 cm³/mol. The van der Waals surface area contributed by atoms with Crippen LogP contribution in [0.1, 0.15) is 40.7 Å². The molecule has 0 amide bonds. The predicted octanol–water partition coefficient (Wildman–Crippen LogP) is 4.00. The minimum atomic E-state index is -0.388. The molecule has 0 N–H and O–H groups in total. The van der Waals surface area contributed by atoms with Crippen LogP contribution in [-0.2, 0) is 11.3 Å². The third kappa shape index (κ3) is 3.80. The molecule has 4 rings (SSSR count). The Balaban J connectivity index is 1.47. The van der Waals surface area contributed by atoms with E-state index in [0.717, 1.165) is 30.5 Å². The summed E-state index contributed by atoms with van der Waals surface area (Å²) in [7, 11) is 1.35. The first kappa shape index (κ1) is 18.3. The highest BCUT2D eigenvalue weighted by atomic mass is 19.1. The molecule has 2 heterocycles. The molecule has 3 aromatic rings. The summed E-state index contributed by atoms with van der Waals surface area (Å²) >= 11 is 0. The minimum Gasteiger partial charge on any atom is -0.465 e. The standard InChI is InChI=1S/C21H20FN3O3/c1-27-21(26)16-6-4-15(5-7-16)20-23-19(28-24-20)13-25-12-2-3-18(25)14-8-10-17(22)11-9-14/h4-11,18H,2-3,12-13H2,1H3/t18-/m0/s1. The Morgan fingerprint density at radius 1 is 1.21 bits per heavy atom. The number of esters is 1. The number of halogens is 1. The fraction of sp³-hybridized carbons (Fsp3) is 0.286. The number of aromatic nitrogens is 2. The van der Waals surface area contributed by atoms with Crippen molar-refractivity contribution in [1.82, 2.24) is 15.0 Å². The maximum absolute atomic E-state index is 13.2. The average Bonchev–Trinajstić information content (AvgIpc) is 3.38. The number of carbonyl (C=O) groups excluding carboxylic acids is 1. The molecule has 0 aliphatic carbocycles. The number of methoxy groups -OCH3 is 1. The van der Waals surface area contributed by atoms with Gasteiger partial charge in [0.1, 0.15) is 5.82 Å². The first-order chi connectivity index (χ1) is 13.6. The van der Waals surface area contributed by atoms with E-state index < -0.39 is 0 Å². The van der Waals surface area contributed by atoms with Gasteiger partial charge in [0.2, 0.25) is 11.7 Å². The van der Waals surface area contributed by atoms with Crippen molar-refractivity contribution in [1.29, 1.82) is 0 Å². The van der Waals surface area contributed by atoms with Gasteiger partial charge in [-0.25, -0.2) is 9.18 Å². The Hall–Kier alpha value is -3.06. The van der Waals surface area contributed by atoms with Gasteiger partial charge in [0.15, 0.2) is 0 Å². The molecular formula is C21H20FN3O3. The molecule has 144 valence electrons. The molecule has 7 heteroatoms. The number of benzene rings is 2. The van der Waals surface area contributed by atoms with Gasteiger partial charge in [0, 0.05) is 11.6 Å². The highest BCUT2D eigenvalue weighted by Crippen LogP contribution is 2.33. The molecule has 6 nitrogen and oxygen atoms in total. The van der Waals surface area contributed by atoms with Crippen molar-refractivity contribution >= 4 is 5.97 Å². The van der Waals surface area contributed by atoms with Crippen LogP contribution in [0.15, 0.2) is 53.1 Å². The maximum Gasteiger partial charge on any atom is 0.337 e. The molecule has 1 aromatic heterocycles. The molecule has 28 heavy (non-hydrogen) atoms. The third-order valence-electron chi connectivity index (χ3n) is 4.99. The number of hydrogen-bond donors (Lipinski definition) is 0. The minimum absolute atomic E-state index is 0.218. The van der Waals surface area contributed by atoms with Gasteiger partial charge in [0.05, 0.1) is 19.2 Å². The van der Waals surface area contributed by atoms with Gasteiger partial charge in [-0.2, -0.15) is 4.98 Å². The van der Waals surface area contributed by atoms with Crippen LogP contribution < -0.4 is 0 Å². The van der Waals surface area contributed by atoms with Gasteiger partial charge in [-0.1, -0.05) is 29.4 Å². The van der Waals surface area contributed by atoms with E-state index in [1.54, 1.807) is 24.3 Å². The lowest BCUT2D eigenvalue weighted by molar-refractivity contribution is 0.0600. The average molecular weight is 381 g/mol. The number of ether oxygens (including phenoxy) is 1. The lowest BCUT2D eigenvalue weighted by atomic mass is 10.0. The lowest BCUT2D eigenvalue weighted by Crippen LogP contribution is -2.22. The highest BCUT2D eigenvalue weighted by Gasteiger charge is 2.27. The quantitative estimate of drug-likeness (QED) is 0.622. The highest BCUT2D eigenvalue weighted by molar-refractivity contribution is 5.89. The van der Waals surface area contributed by atoms with Crippen molar-refractivity contribution in [3.8, 4) is 11.4 Å². The second-order valence-corrected chi connectivity index (χ2v) is 6.76. The lowest BCUT2D eigenvalue weighted by Gasteiger charge is -2.23. The molecule has 0 unspecified atom stereocenters. The fourth-order valence-corrected chi connectivity index (χ4v) is 3.56. The summed E-state index contributed by atoms with van der Waals surface area (Å²) in [5.41, 5.74) is 2.32. The summed E-state index contributed by atoms with van der Waals surface area (Å²) in [6.45, 7) is 1.46. The summed E-state index contributed by atoms with van der Waals surface area (Å²) in [6, 6.07) is 13.7. The maximum atomic E-state index is 13.2. The van der Waals surface area contributed by atoms with Crippen LogP contribution >= 0.6 is 0 Å². The van der Waals surface area contributed by atoms with E-state index in [9.17, 15) is 9.18 Å². The molecule has 0 saturated carbocycles. The van der Waals surface area contributed by atoms with Gasteiger partial charge in [-0.15, -0.1) is 0 Å². The van der Waals surface area contributed by atoms with Gasteiger partial charge in [0.25, 0.3) is 0 Å². The molecule has 1 fully saturated rings. The summed E-state index contributed by atoms with van der Waals surface area (Å²) in [5, 5.41) is 4.05. The first-order valence-corrected chi connectivity index (χ1v) is 9.15. The van der Waals surface area contributed by atoms with Crippen molar-refractivity contribution in [3.63, 3.8) is 0 Å². The molecule has 2 aromatic carbocycles. The Kier molecular flexibility index (Phi) is 5.16. The van der Waals surface area contributed by atoms with E-state index in [0.29, 0.717) is 23.8 Å². The zero-order chi connectivity index (χ0) is 19.5. The zero-order valence-corrected chi connectivity index (χ0v) is 15.5. The van der Waals surface area contributed by atoms with Gasteiger partial charge < -0.3 is 9.26 Å². The SMILES string of the molecule is COC(=O)c1ccc(-c2noc(CN3CCC[C@H]3c3ccc(F)cc3)n2)cc1. The van der Waals surface area contributed by atoms with E-state index in [1.807, 2.05) is 12.1 Å². The summed E-state index contributed by atoms with van der Waals surface area (Å²) in [6.07, 6.45) is 2.08. The monoisotopic (exact) mass is 381 g/mol. The summed E-state index contributed by atoms with van der Waals surface area (Å²) in [4.78, 5) is 18.3. The van der Waals surface area contributed by atoms with Crippen molar-refractivity contribution < 1.29 is 18.4 Å². The summed E-state index contributed by atoms with van der Waals surface area (Å²) < 4.78 is 23.3. The Bertz CT molecular complexity index is 954. The van der Waals surface area contributed by atoms with Crippen molar-refractivity contribution in [2.75, 3.05) is 13.7 Å². The Morgan fingerprint density at radius 3 is 2.68 bits per heavy atom. The van der Waals surface area contributed by atoms with Crippen LogP contribution in [-0.4, -0.2) is 34.7 Å². The normalized spacial score (nSPS) is 17.0. The molecule has 0 bridgehead atoms. The van der Waals surface area contributed by atoms with E-state index in [-0.39, 0.29) is 17.8 Å². The Morgan fingerprint density at radius 2 is 1.96 bits per heavy atom. The zero-order valence-electron chi connectivity index (χ0n) is 15.5. The van der Waals surface area contributed by atoms with Crippen molar-refractivity contribution in [3.05, 3.63) is 71.4 Å². The molecule has 1 aliphatic heterocycles. The molecule has 1 aliphatic rings. The van der Waals surface area contributed by atoms with Crippen LogP contribution in [0, 0.1) is 5.82 Å². The molecule has 1 saturated heterocycles. The second-order valence-electron chi connectivity index (χ2n) is 6.76. The molecule has 0 spiro atoms. The smallest absolute Gasteiger partial charge is 0.337 e. The van der Waals surface area contributed by atoms with E-state index in [1.165, 1.54) is 19.2 Å². The largest absolute Gasteiger partial charge is 0.465 e.